The fraction of sp³-hybridized carbons (Fsp3) is 0.875. The van der Waals surface area contributed by atoms with Gasteiger partial charge in [0.25, 0.3) is 0 Å². The van der Waals surface area contributed by atoms with Crippen molar-refractivity contribution in [3.63, 3.8) is 0 Å². The minimum Gasteiger partial charge on any atom is -0.378 e. The molecule has 0 heterocycles. The fourth-order valence-electron chi connectivity index (χ4n) is 0.675. The van der Waals surface area contributed by atoms with Crippen molar-refractivity contribution in [3.05, 3.63) is 0 Å². The Morgan fingerprint density at radius 1 is 1.50 bits per heavy atom. The molecule has 0 aliphatic heterocycles. The molecule has 4 N–H and O–H groups in total. The molecule has 0 saturated carbocycles. The average Bonchev–Trinajstić information content (AvgIpc) is 2.03. The van der Waals surface area contributed by atoms with E-state index in [0.29, 0.717) is 12.6 Å². The summed E-state index contributed by atoms with van der Waals surface area (Å²) in [7, 11) is 0. The largest absolute Gasteiger partial charge is 0.378 e. The summed E-state index contributed by atoms with van der Waals surface area (Å²) in [5.41, 5.74) is 10.3. The first-order valence-electron chi connectivity index (χ1n) is 4.33. The van der Waals surface area contributed by atoms with Crippen molar-refractivity contribution in [1.82, 2.24) is 0 Å². The van der Waals surface area contributed by atoms with Crippen molar-refractivity contribution < 1.29 is 4.74 Å². The molecule has 4 heteroatoms. The molecule has 0 aromatic carbocycles. The number of guanidine groups is 1. The van der Waals surface area contributed by atoms with Gasteiger partial charge in [-0.3, -0.25) is 4.99 Å². The van der Waals surface area contributed by atoms with Crippen LogP contribution in [-0.2, 0) is 4.74 Å². The molecule has 0 radical (unpaired) electrons. The van der Waals surface area contributed by atoms with Crippen molar-refractivity contribution in [1.29, 1.82) is 0 Å². The van der Waals surface area contributed by atoms with E-state index in [1.807, 2.05) is 0 Å². The number of ether oxygens (including phenoxy) is 1. The highest BCUT2D eigenvalue weighted by atomic mass is 16.5. The van der Waals surface area contributed by atoms with Gasteiger partial charge in [-0.1, -0.05) is 6.92 Å². The minimum atomic E-state index is 0.151. The standard InChI is InChI=1S/C8H19N3O/c1-3-7(2)12-6-4-5-11-8(9)10/h7H,3-6H2,1-2H3,(H4,9,10,11). The van der Waals surface area contributed by atoms with Gasteiger partial charge in [-0.15, -0.1) is 0 Å². The molecule has 1 atom stereocenters. The molecular formula is C8H19N3O. The summed E-state index contributed by atoms with van der Waals surface area (Å²) in [6.07, 6.45) is 2.26. The Labute approximate surface area is 74.0 Å². The number of hydrogen-bond donors (Lipinski definition) is 2. The van der Waals surface area contributed by atoms with E-state index in [-0.39, 0.29) is 5.96 Å². The Bertz CT molecular complexity index is 132. The van der Waals surface area contributed by atoms with Crippen LogP contribution in [-0.4, -0.2) is 25.2 Å². The van der Waals surface area contributed by atoms with Gasteiger partial charge in [0.2, 0.25) is 0 Å². The first-order chi connectivity index (χ1) is 5.66. The van der Waals surface area contributed by atoms with Crippen molar-refractivity contribution >= 4 is 5.96 Å². The molecule has 12 heavy (non-hydrogen) atoms. The van der Waals surface area contributed by atoms with Gasteiger partial charge in [0.15, 0.2) is 5.96 Å². The maximum absolute atomic E-state index is 5.42. The Hall–Kier alpha value is -0.770. The zero-order valence-corrected chi connectivity index (χ0v) is 7.92. The van der Waals surface area contributed by atoms with Crippen LogP contribution in [0.1, 0.15) is 26.7 Å². The van der Waals surface area contributed by atoms with Crippen LogP contribution < -0.4 is 11.5 Å². The number of nitrogens with two attached hydrogens (primary N) is 2. The number of nitrogens with zero attached hydrogens (tertiary/aromatic N) is 1. The van der Waals surface area contributed by atoms with Crippen LogP contribution in [0.15, 0.2) is 4.99 Å². The highest BCUT2D eigenvalue weighted by Gasteiger charge is 1.96. The number of aliphatic imine (C=N–C) groups is 1. The lowest BCUT2D eigenvalue weighted by molar-refractivity contribution is 0.0631. The molecule has 0 amide bonds. The first kappa shape index (κ1) is 11.2. The first-order valence-corrected chi connectivity index (χ1v) is 4.33. The van der Waals surface area contributed by atoms with Crippen LogP contribution >= 0.6 is 0 Å². The highest BCUT2D eigenvalue weighted by Crippen LogP contribution is 1.96. The summed E-state index contributed by atoms with van der Waals surface area (Å²) in [6, 6.07) is 0. The van der Waals surface area contributed by atoms with Gasteiger partial charge >= 0.3 is 0 Å². The zero-order chi connectivity index (χ0) is 9.40. The Balaban J connectivity index is 3.16. The van der Waals surface area contributed by atoms with Crippen LogP contribution in [0.4, 0.5) is 0 Å². The van der Waals surface area contributed by atoms with Gasteiger partial charge in [-0.2, -0.15) is 0 Å². The fourth-order valence-corrected chi connectivity index (χ4v) is 0.675. The summed E-state index contributed by atoms with van der Waals surface area (Å²) in [6.45, 7) is 5.53. The van der Waals surface area contributed by atoms with E-state index in [4.69, 9.17) is 16.2 Å². The molecular weight excluding hydrogens is 154 g/mol. The third-order valence-electron chi connectivity index (χ3n) is 1.57. The van der Waals surface area contributed by atoms with Crippen LogP contribution in [0, 0.1) is 0 Å². The van der Waals surface area contributed by atoms with E-state index < -0.39 is 0 Å². The van der Waals surface area contributed by atoms with Gasteiger partial charge < -0.3 is 16.2 Å². The maximum Gasteiger partial charge on any atom is 0.185 e. The normalized spacial score (nSPS) is 12.5. The van der Waals surface area contributed by atoms with Crippen molar-refractivity contribution in [3.8, 4) is 0 Å². The molecule has 0 bridgehead atoms. The van der Waals surface area contributed by atoms with E-state index in [9.17, 15) is 0 Å². The molecule has 0 aromatic rings. The summed E-state index contributed by atoms with van der Waals surface area (Å²) in [5, 5.41) is 0. The average molecular weight is 173 g/mol. The van der Waals surface area contributed by atoms with E-state index in [2.05, 4.69) is 18.8 Å². The third kappa shape index (κ3) is 7.34. The molecule has 72 valence electrons. The molecule has 0 aliphatic carbocycles. The van der Waals surface area contributed by atoms with Crippen LogP contribution in [0.2, 0.25) is 0 Å². The SMILES string of the molecule is CCC(C)OCCCN=C(N)N. The summed E-state index contributed by atoms with van der Waals surface area (Å²) < 4.78 is 5.42. The Morgan fingerprint density at radius 3 is 2.67 bits per heavy atom. The van der Waals surface area contributed by atoms with Crippen LogP contribution in [0.3, 0.4) is 0 Å². The molecule has 0 fully saturated rings. The lowest BCUT2D eigenvalue weighted by atomic mass is 10.3. The predicted molar refractivity (Wildman–Crippen MR) is 51.0 cm³/mol. The topological polar surface area (TPSA) is 73.6 Å². The van der Waals surface area contributed by atoms with Crippen molar-refractivity contribution in [2.24, 2.45) is 16.5 Å². The van der Waals surface area contributed by atoms with E-state index >= 15 is 0 Å². The lowest BCUT2D eigenvalue weighted by Crippen LogP contribution is -2.23. The van der Waals surface area contributed by atoms with Gasteiger partial charge in [0.1, 0.15) is 0 Å². The van der Waals surface area contributed by atoms with Crippen LogP contribution in [0.25, 0.3) is 0 Å². The molecule has 0 rings (SSSR count). The lowest BCUT2D eigenvalue weighted by Gasteiger charge is -2.08. The third-order valence-corrected chi connectivity index (χ3v) is 1.57. The van der Waals surface area contributed by atoms with Crippen molar-refractivity contribution in [2.75, 3.05) is 13.2 Å². The molecule has 0 aromatic heterocycles. The number of hydrogen-bond acceptors (Lipinski definition) is 2. The summed E-state index contributed by atoms with van der Waals surface area (Å²) in [5.74, 6) is 0.151. The van der Waals surface area contributed by atoms with Gasteiger partial charge in [-0.25, -0.2) is 0 Å². The second-order valence-electron chi connectivity index (χ2n) is 2.75. The molecule has 1 unspecified atom stereocenters. The van der Waals surface area contributed by atoms with Gasteiger partial charge in [0.05, 0.1) is 6.10 Å². The second-order valence-corrected chi connectivity index (χ2v) is 2.75. The van der Waals surface area contributed by atoms with Gasteiger partial charge in [0, 0.05) is 13.2 Å². The smallest absolute Gasteiger partial charge is 0.185 e. The Morgan fingerprint density at radius 2 is 2.17 bits per heavy atom. The summed E-state index contributed by atoms with van der Waals surface area (Å²) >= 11 is 0. The molecule has 0 spiro atoms. The minimum absolute atomic E-state index is 0.151. The zero-order valence-electron chi connectivity index (χ0n) is 7.92. The van der Waals surface area contributed by atoms with E-state index in [1.54, 1.807) is 0 Å². The maximum atomic E-state index is 5.42. The van der Waals surface area contributed by atoms with Gasteiger partial charge in [-0.05, 0) is 19.8 Å². The molecule has 0 aliphatic rings. The molecule has 0 saturated heterocycles. The summed E-state index contributed by atoms with van der Waals surface area (Å²) in [4.78, 5) is 3.84. The van der Waals surface area contributed by atoms with Crippen molar-refractivity contribution in [2.45, 2.75) is 32.8 Å². The highest BCUT2D eigenvalue weighted by molar-refractivity contribution is 5.75. The quantitative estimate of drug-likeness (QED) is 0.348. The Kier molecular flexibility index (Phi) is 6.47. The molecule has 4 nitrogen and oxygen atoms in total. The predicted octanol–water partition coefficient (Wildman–Crippen LogP) is 0.465. The van der Waals surface area contributed by atoms with E-state index in [1.165, 1.54) is 0 Å². The number of rotatable bonds is 6. The monoisotopic (exact) mass is 173 g/mol. The second kappa shape index (κ2) is 6.91. The van der Waals surface area contributed by atoms with E-state index in [0.717, 1.165) is 19.4 Å². The van der Waals surface area contributed by atoms with Crippen LogP contribution in [0.5, 0.6) is 0 Å².